The summed E-state index contributed by atoms with van der Waals surface area (Å²) in [6.45, 7) is -0.319. The molecule has 1 aliphatic heterocycles. The number of carbonyl (C=O) groups excluding carboxylic acids is 2. The van der Waals surface area contributed by atoms with Crippen LogP contribution in [0.1, 0.15) is 5.56 Å². The second-order valence-corrected chi connectivity index (χ2v) is 7.73. The third-order valence-corrected chi connectivity index (χ3v) is 5.49. The zero-order valence-electron chi connectivity index (χ0n) is 14.1. The maximum atomic E-state index is 12.6. The number of imide groups is 1. The van der Waals surface area contributed by atoms with Crippen LogP contribution in [0.3, 0.4) is 0 Å². The number of sulfonamides is 1. The van der Waals surface area contributed by atoms with E-state index in [1.54, 1.807) is 0 Å². The molecule has 1 aliphatic rings. The molecule has 11 heteroatoms. The summed E-state index contributed by atoms with van der Waals surface area (Å²) < 4.78 is 64.7. The molecule has 1 saturated heterocycles. The van der Waals surface area contributed by atoms with E-state index in [4.69, 9.17) is 0 Å². The highest BCUT2D eigenvalue weighted by atomic mass is 32.2. The van der Waals surface area contributed by atoms with Gasteiger partial charge in [-0.25, -0.2) is 17.9 Å². The van der Waals surface area contributed by atoms with Crippen LogP contribution in [0.25, 0.3) is 11.1 Å². The fourth-order valence-corrected chi connectivity index (χ4v) is 3.60. The zero-order valence-corrected chi connectivity index (χ0v) is 14.9. The SMILES string of the molecule is O=C1NC(=O)C(CNS(=O)(=O)c2ccc(-c3ccc(C(F)(F)F)cc3)cc2)N1. The van der Waals surface area contributed by atoms with Gasteiger partial charge in [0.25, 0.3) is 5.91 Å². The van der Waals surface area contributed by atoms with E-state index in [0.29, 0.717) is 11.1 Å². The number of amides is 3. The molecule has 0 aromatic heterocycles. The van der Waals surface area contributed by atoms with Crippen LogP contribution in [-0.4, -0.2) is 32.9 Å². The van der Waals surface area contributed by atoms with Crippen LogP contribution in [0.2, 0.25) is 0 Å². The average molecular weight is 413 g/mol. The number of hydrogen-bond acceptors (Lipinski definition) is 4. The molecule has 1 atom stereocenters. The molecule has 0 aliphatic carbocycles. The van der Waals surface area contributed by atoms with Crippen LogP contribution >= 0.6 is 0 Å². The largest absolute Gasteiger partial charge is 0.416 e. The molecule has 0 radical (unpaired) electrons. The smallest absolute Gasteiger partial charge is 0.325 e. The lowest BCUT2D eigenvalue weighted by Gasteiger charge is -2.11. The van der Waals surface area contributed by atoms with Gasteiger partial charge in [0.05, 0.1) is 10.5 Å². The average Bonchev–Trinajstić information content (AvgIpc) is 2.97. The van der Waals surface area contributed by atoms with Crippen molar-refractivity contribution in [3.63, 3.8) is 0 Å². The number of nitrogens with one attached hydrogen (secondary N) is 3. The minimum absolute atomic E-state index is 0.0899. The van der Waals surface area contributed by atoms with Gasteiger partial charge in [-0.1, -0.05) is 24.3 Å². The molecule has 1 heterocycles. The van der Waals surface area contributed by atoms with E-state index in [1.807, 2.05) is 5.32 Å². The van der Waals surface area contributed by atoms with Gasteiger partial charge in [0, 0.05) is 6.54 Å². The number of hydrogen-bond donors (Lipinski definition) is 3. The Morgan fingerprint density at radius 2 is 1.46 bits per heavy atom. The van der Waals surface area contributed by atoms with Gasteiger partial charge >= 0.3 is 12.2 Å². The monoisotopic (exact) mass is 413 g/mol. The van der Waals surface area contributed by atoms with E-state index < -0.39 is 39.7 Å². The van der Waals surface area contributed by atoms with E-state index in [9.17, 15) is 31.2 Å². The maximum Gasteiger partial charge on any atom is 0.416 e. The van der Waals surface area contributed by atoms with Crippen molar-refractivity contribution in [2.75, 3.05) is 6.54 Å². The molecule has 0 spiro atoms. The lowest BCUT2D eigenvalue weighted by Crippen LogP contribution is -2.41. The molecule has 2 aromatic carbocycles. The molecule has 1 unspecified atom stereocenters. The highest BCUT2D eigenvalue weighted by molar-refractivity contribution is 7.89. The van der Waals surface area contributed by atoms with Crippen molar-refractivity contribution >= 4 is 22.0 Å². The van der Waals surface area contributed by atoms with Gasteiger partial charge in [0.1, 0.15) is 6.04 Å². The van der Waals surface area contributed by atoms with Crippen LogP contribution in [-0.2, 0) is 21.0 Å². The van der Waals surface area contributed by atoms with Gasteiger partial charge in [-0.15, -0.1) is 0 Å². The van der Waals surface area contributed by atoms with Crippen molar-refractivity contribution in [2.45, 2.75) is 17.1 Å². The number of urea groups is 1. The van der Waals surface area contributed by atoms with Gasteiger partial charge in [0.2, 0.25) is 10.0 Å². The van der Waals surface area contributed by atoms with Crippen molar-refractivity contribution in [1.29, 1.82) is 0 Å². The molecular weight excluding hydrogens is 399 g/mol. The van der Waals surface area contributed by atoms with Gasteiger partial charge in [0.15, 0.2) is 0 Å². The second-order valence-electron chi connectivity index (χ2n) is 5.97. The third kappa shape index (κ3) is 4.31. The summed E-state index contributed by atoms with van der Waals surface area (Å²) in [7, 11) is -3.94. The molecular formula is C17H14F3N3O4S. The third-order valence-electron chi connectivity index (χ3n) is 4.05. The Kier molecular flexibility index (Phi) is 5.13. The molecule has 0 saturated carbocycles. The summed E-state index contributed by atoms with van der Waals surface area (Å²) in [6, 6.07) is 8.29. The van der Waals surface area contributed by atoms with Crippen LogP contribution in [0.4, 0.5) is 18.0 Å². The van der Waals surface area contributed by atoms with Gasteiger partial charge in [-0.05, 0) is 35.4 Å². The summed E-state index contributed by atoms with van der Waals surface area (Å²) in [6.07, 6.45) is -4.43. The molecule has 3 N–H and O–H groups in total. The molecule has 0 bridgehead atoms. The van der Waals surface area contributed by atoms with Crippen LogP contribution in [0.15, 0.2) is 53.4 Å². The Morgan fingerprint density at radius 1 is 0.929 bits per heavy atom. The van der Waals surface area contributed by atoms with Crippen molar-refractivity contribution in [3.8, 4) is 11.1 Å². The summed E-state index contributed by atoms with van der Waals surface area (Å²) in [5.74, 6) is -0.634. The van der Waals surface area contributed by atoms with Crippen molar-refractivity contribution < 1.29 is 31.2 Å². The zero-order chi connectivity index (χ0) is 20.5. The van der Waals surface area contributed by atoms with Crippen LogP contribution in [0.5, 0.6) is 0 Å². The van der Waals surface area contributed by atoms with Gasteiger partial charge in [-0.3, -0.25) is 10.1 Å². The highest BCUT2D eigenvalue weighted by Crippen LogP contribution is 2.31. The summed E-state index contributed by atoms with van der Waals surface area (Å²) in [5.41, 5.74) is 0.257. The van der Waals surface area contributed by atoms with Crippen LogP contribution < -0.4 is 15.4 Å². The summed E-state index contributed by atoms with van der Waals surface area (Å²) in [4.78, 5) is 22.4. The Labute approximate surface area is 158 Å². The Balaban J connectivity index is 1.71. The number of benzene rings is 2. The van der Waals surface area contributed by atoms with E-state index in [0.717, 1.165) is 12.1 Å². The Morgan fingerprint density at radius 3 is 1.93 bits per heavy atom. The molecule has 148 valence electrons. The first-order chi connectivity index (χ1) is 13.1. The first-order valence-corrected chi connectivity index (χ1v) is 9.43. The highest BCUT2D eigenvalue weighted by Gasteiger charge is 2.31. The van der Waals surface area contributed by atoms with E-state index in [-0.39, 0.29) is 11.4 Å². The second kappa shape index (κ2) is 7.24. The first kappa shape index (κ1) is 19.8. The van der Waals surface area contributed by atoms with Crippen molar-refractivity contribution in [1.82, 2.24) is 15.4 Å². The van der Waals surface area contributed by atoms with Crippen molar-refractivity contribution in [3.05, 3.63) is 54.1 Å². The first-order valence-electron chi connectivity index (χ1n) is 7.95. The summed E-state index contributed by atoms with van der Waals surface area (Å²) in [5, 5.41) is 4.25. The Bertz CT molecular complexity index is 1000. The summed E-state index contributed by atoms with van der Waals surface area (Å²) >= 11 is 0. The van der Waals surface area contributed by atoms with Gasteiger partial charge in [-0.2, -0.15) is 13.2 Å². The molecule has 28 heavy (non-hydrogen) atoms. The normalized spacial score (nSPS) is 17.3. The van der Waals surface area contributed by atoms with Crippen molar-refractivity contribution in [2.24, 2.45) is 0 Å². The quantitative estimate of drug-likeness (QED) is 0.651. The van der Waals surface area contributed by atoms with E-state index in [1.165, 1.54) is 36.4 Å². The predicted molar refractivity (Wildman–Crippen MR) is 92.5 cm³/mol. The molecule has 3 amide bonds. The number of rotatable bonds is 5. The van der Waals surface area contributed by atoms with Crippen LogP contribution in [0, 0.1) is 0 Å². The van der Waals surface area contributed by atoms with E-state index >= 15 is 0 Å². The minimum atomic E-state index is -4.43. The van der Waals surface area contributed by atoms with E-state index in [2.05, 4.69) is 10.0 Å². The molecule has 7 nitrogen and oxygen atoms in total. The fraction of sp³-hybridized carbons (Fsp3) is 0.176. The number of halogens is 3. The lowest BCUT2D eigenvalue weighted by atomic mass is 10.0. The topological polar surface area (TPSA) is 104 Å². The number of carbonyl (C=O) groups is 2. The fourth-order valence-electron chi connectivity index (χ4n) is 2.56. The molecule has 2 aromatic rings. The predicted octanol–water partition coefficient (Wildman–Crippen LogP) is 1.86. The lowest BCUT2D eigenvalue weighted by molar-refractivity contribution is -0.137. The Hall–Kier alpha value is -2.92. The van der Waals surface area contributed by atoms with Gasteiger partial charge < -0.3 is 5.32 Å². The standard InChI is InChI=1S/C17H14F3N3O4S/c18-17(19,20)12-5-1-10(2-6-12)11-3-7-13(8-4-11)28(26,27)21-9-14-15(24)23-16(25)22-14/h1-8,14,21H,9H2,(H2,22,23,24,25). The number of alkyl halides is 3. The minimum Gasteiger partial charge on any atom is -0.325 e. The maximum absolute atomic E-state index is 12.6. The molecule has 3 rings (SSSR count). The molecule has 1 fully saturated rings.